The minimum absolute atomic E-state index is 0.619. The molecule has 0 heterocycles. The molecule has 3 heteroatoms. The van der Waals surface area contributed by atoms with Crippen LogP contribution >= 0.6 is 11.6 Å². The lowest BCUT2D eigenvalue weighted by Gasteiger charge is -2.16. The van der Waals surface area contributed by atoms with Gasteiger partial charge in [0.2, 0.25) is 0 Å². The fraction of sp³-hybridized carbons (Fsp3) is 0.333. The average molecular weight is 304 g/mol. The summed E-state index contributed by atoms with van der Waals surface area (Å²) in [6.45, 7) is 3.96. The fourth-order valence-corrected chi connectivity index (χ4v) is 2.44. The highest BCUT2D eigenvalue weighted by molar-refractivity contribution is 6.30. The molecule has 2 N–H and O–H groups in total. The standard InChI is InChI=1S/C18H22ClNO/c1-2-3-12-20-13-15-6-4-5-7-17(15)18(21)14-8-10-16(19)11-9-14/h4-11,18,20-21H,2-3,12-13H2,1H3/t18-/m0/s1. The van der Waals surface area contributed by atoms with Crippen LogP contribution in [0.1, 0.15) is 42.6 Å². The normalized spacial score (nSPS) is 12.3. The SMILES string of the molecule is CCCCNCc1ccccc1[C@@H](O)c1ccc(Cl)cc1. The summed E-state index contributed by atoms with van der Waals surface area (Å²) in [5, 5.41) is 14.7. The zero-order chi connectivity index (χ0) is 15.1. The number of hydrogen-bond acceptors (Lipinski definition) is 2. The number of hydrogen-bond donors (Lipinski definition) is 2. The third-order valence-corrected chi connectivity index (χ3v) is 3.81. The van der Waals surface area contributed by atoms with Crippen molar-refractivity contribution in [3.05, 3.63) is 70.2 Å². The Balaban J connectivity index is 2.12. The first-order chi connectivity index (χ1) is 10.2. The topological polar surface area (TPSA) is 32.3 Å². The van der Waals surface area contributed by atoms with E-state index < -0.39 is 6.10 Å². The van der Waals surface area contributed by atoms with E-state index in [1.807, 2.05) is 42.5 Å². The number of aliphatic hydroxyl groups is 1. The van der Waals surface area contributed by atoms with Crippen LogP contribution in [0.25, 0.3) is 0 Å². The maximum atomic E-state index is 10.6. The minimum Gasteiger partial charge on any atom is -0.384 e. The second-order valence-electron chi connectivity index (χ2n) is 5.18. The second-order valence-corrected chi connectivity index (χ2v) is 5.62. The van der Waals surface area contributed by atoms with Crippen LogP contribution in [0.2, 0.25) is 5.02 Å². The molecular formula is C18H22ClNO. The molecule has 21 heavy (non-hydrogen) atoms. The van der Waals surface area contributed by atoms with Gasteiger partial charge in [0.25, 0.3) is 0 Å². The van der Waals surface area contributed by atoms with Gasteiger partial charge in [-0.25, -0.2) is 0 Å². The monoisotopic (exact) mass is 303 g/mol. The lowest BCUT2D eigenvalue weighted by molar-refractivity contribution is 0.219. The van der Waals surface area contributed by atoms with Crippen molar-refractivity contribution in [2.45, 2.75) is 32.4 Å². The van der Waals surface area contributed by atoms with Gasteiger partial charge < -0.3 is 10.4 Å². The van der Waals surface area contributed by atoms with E-state index in [9.17, 15) is 5.11 Å². The number of rotatable bonds is 7. The highest BCUT2D eigenvalue weighted by Crippen LogP contribution is 2.26. The summed E-state index contributed by atoms with van der Waals surface area (Å²) in [5.74, 6) is 0. The second kappa shape index (κ2) is 8.18. The molecule has 0 aromatic heterocycles. The molecule has 0 fully saturated rings. The van der Waals surface area contributed by atoms with Crippen molar-refractivity contribution in [3.8, 4) is 0 Å². The Morgan fingerprint density at radius 2 is 1.81 bits per heavy atom. The van der Waals surface area contributed by atoms with Crippen LogP contribution in [-0.2, 0) is 6.54 Å². The molecule has 0 saturated heterocycles. The van der Waals surface area contributed by atoms with Crippen molar-refractivity contribution in [3.63, 3.8) is 0 Å². The van der Waals surface area contributed by atoms with Gasteiger partial charge in [0.1, 0.15) is 6.10 Å². The molecule has 0 aliphatic carbocycles. The van der Waals surface area contributed by atoms with Gasteiger partial charge >= 0.3 is 0 Å². The predicted molar refractivity (Wildman–Crippen MR) is 88.6 cm³/mol. The molecule has 1 atom stereocenters. The largest absolute Gasteiger partial charge is 0.384 e. The molecule has 0 saturated carbocycles. The van der Waals surface area contributed by atoms with E-state index >= 15 is 0 Å². The molecule has 2 nitrogen and oxygen atoms in total. The average Bonchev–Trinajstić information content (AvgIpc) is 2.52. The van der Waals surface area contributed by atoms with Gasteiger partial charge in [-0.3, -0.25) is 0 Å². The summed E-state index contributed by atoms with van der Waals surface area (Å²) in [6.07, 6.45) is 1.73. The highest BCUT2D eigenvalue weighted by atomic mass is 35.5. The van der Waals surface area contributed by atoms with Gasteiger partial charge in [-0.05, 0) is 41.8 Å². The van der Waals surface area contributed by atoms with Crippen LogP contribution in [0.4, 0.5) is 0 Å². The molecule has 2 rings (SSSR count). The first-order valence-corrected chi connectivity index (χ1v) is 7.82. The lowest BCUT2D eigenvalue weighted by atomic mass is 9.97. The van der Waals surface area contributed by atoms with Crippen molar-refractivity contribution >= 4 is 11.6 Å². The summed E-state index contributed by atoms with van der Waals surface area (Å²) in [5.41, 5.74) is 2.94. The molecule has 2 aromatic rings. The molecule has 0 aliphatic heterocycles. The Kier molecular flexibility index (Phi) is 6.24. The van der Waals surface area contributed by atoms with Crippen molar-refractivity contribution in [1.29, 1.82) is 0 Å². The molecule has 0 aliphatic rings. The highest BCUT2D eigenvalue weighted by Gasteiger charge is 2.13. The van der Waals surface area contributed by atoms with Crippen LogP contribution in [0.15, 0.2) is 48.5 Å². The number of benzene rings is 2. The van der Waals surface area contributed by atoms with E-state index in [2.05, 4.69) is 18.3 Å². The van der Waals surface area contributed by atoms with E-state index in [0.717, 1.165) is 29.8 Å². The van der Waals surface area contributed by atoms with Gasteiger partial charge in [-0.2, -0.15) is 0 Å². The van der Waals surface area contributed by atoms with E-state index in [1.54, 1.807) is 0 Å². The Bertz CT molecular complexity index is 553. The Labute approximate surface area is 131 Å². The first kappa shape index (κ1) is 16.0. The molecule has 0 spiro atoms. The van der Waals surface area contributed by atoms with Crippen LogP contribution < -0.4 is 5.32 Å². The van der Waals surface area contributed by atoms with Crippen LogP contribution in [0.3, 0.4) is 0 Å². The number of aliphatic hydroxyl groups excluding tert-OH is 1. The molecule has 0 radical (unpaired) electrons. The van der Waals surface area contributed by atoms with Gasteiger partial charge in [-0.1, -0.05) is 61.3 Å². The van der Waals surface area contributed by atoms with E-state index in [4.69, 9.17) is 11.6 Å². The third kappa shape index (κ3) is 4.57. The van der Waals surface area contributed by atoms with Crippen LogP contribution in [0.5, 0.6) is 0 Å². The number of halogens is 1. The van der Waals surface area contributed by atoms with Gasteiger partial charge in [-0.15, -0.1) is 0 Å². The van der Waals surface area contributed by atoms with Crippen molar-refractivity contribution in [2.75, 3.05) is 6.54 Å². The molecule has 0 bridgehead atoms. The molecule has 0 unspecified atom stereocenters. The summed E-state index contributed by atoms with van der Waals surface area (Å²) in [4.78, 5) is 0. The van der Waals surface area contributed by atoms with Crippen LogP contribution in [-0.4, -0.2) is 11.7 Å². The van der Waals surface area contributed by atoms with E-state index in [0.29, 0.717) is 5.02 Å². The van der Waals surface area contributed by atoms with Gasteiger partial charge in [0.05, 0.1) is 0 Å². The summed E-state index contributed by atoms with van der Waals surface area (Å²) >= 11 is 5.90. The molecule has 112 valence electrons. The summed E-state index contributed by atoms with van der Waals surface area (Å²) < 4.78 is 0. The maximum absolute atomic E-state index is 10.6. The van der Waals surface area contributed by atoms with E-state index in [-0.39, 0.29) is 0 Å². The Hall–Kier alpha value is -1.35. The molecular weight excluding hydrogens is 282 g/mol. The lowest BCUT2D eigenvalue weighted by Crippen LogP contribution is -2.16. The first-order valence-electron chi connectivity index (χ1n) is 7.44. The zero-order valence-electron chi connectivity index (χ0n) is 12.3. The Morgan fingerprint density at radius 1 is 1.10 bits per heavy atom. The summed E-state index contributed by atoms with van der Waals surface area (Å²) in [6, 6.07) is 15.4. The zero-order valence-corrected chi connectivity index (χ0v) is 13.1. The number of nitrogens with one attached hydrogen (secondary N) is 1. The number of unbranched alkanes of at least 4 members (excludes halogenated alkanes) is 1. The molecule has 2 aromatic carbocycles. The third-order valence-electron chi connectivity index (χ3n) is 3.56. The van der Waals surface area contributed by atoms with Crippen molar-refractivity contribution < 1.29 is 5.11 Å². The predicted octanol–water partition coefficient (Wildman–Crippen LogP) is 4.31. The fourth-order valence-electron chi connectivity index (χ4n) is 2.31. The molecule has 0 amide bonds. The quantitative estimate of drug-likeness (QED) is 0.747. The maximum Gasteiger partial charge on any atom is 0.104 e. The van der Waals surface area contributed by atoms with Gasteiger partial charge in [0, 0.05) is 11.6 Å². The summed E-state index contributed by atoms with van der Waals surface area (Å²) in [7, 11) is 0. The van der Waals surface area contributed by atoms with Crippen molar-refractivity contribution in [1.82, 2.24) is 5.32 Å². The Morgan fingerprint density at radius 3 is 2.52 bits per heavy atom. The van der Waals surface area contributed by atoms with Crippen LogP contribution in [0, 0.1) is 0 Å². The minimum atomic E-state index is -0.619. The van der Waals surface area contributed by atoms with Crippen molar-refractivity contribution in [2.24, 2.45) is 0 Å². The van der Waals surface area contributed by atoms with Gasteiger partial charge in [0.15, 0.2) is 0 Å². The smallest absolute Gasteiger partial charge is 0.104 e. The van der Waals surface area contributed by atoms with E-state index in [1.165, 1.54) is 12.8 Å².